The number of rotatable bonds is 13. The lowest BCUT2D eigenvalue weighted by Crippen LogP contribution is -2.69. The topological polar surface area (TPSA) is 115 Å². The van der Waals surface area contributed by atoms with Crippen LogP contribution in [0.5, 0.6) is 0 Å². The lowest BCUT2D eigenvalue weighted by Gasteiger charge is -2.43. The van der Waals surface area contributed by atoms with Crippen LogP contribution in [0.25, 0.3) is 0 Å². The summed E-state index contributed by atoms with van der Waals surface area (Å²) >= 11 is 0. The van der Waals surface area contributed by atoms with Crippen LogP contribution in [0.1, 0.15) is 27.9 Å². The van der Waals surface area contributed by atoms with Gasteiger partial charge in [0.1, 0.15) is 18.2 Å². The first-order valence-corrected chi connectivity index (χ1v) is 15.2. The number of nitrogens with zero attached hydrogens (tertiary/aromatic N) is 2. The van der Waals surface area contributed by atoms with Crippen LogP contribution in [-0.4, -0.2) is 58.1 Å². The minimum absolute atomic E-state index is 0.122. The number of carboxylic acid groups (broad SMARTS) is 1. The molecule has 1 amide bonds. The van der Waals surface area contributed by atoms with Crippen molar-refractivity contribution in [3.05, 3.63) is 162 Å². The first kappa shape index (κ1) is 30.8. The number of aliphatic carboxylic acids is 1. The van der Waals surface area contributed by atoms with Gasteiger partial charge in [-0.2, -0.15) is 0 Å². The van der Waals surface area contributed by atoms with Gasteiger partial charge in [0.05, 0.1) is 30.8 Å². The van der Waals surface area contributed by atoms with Crippen molar-refractivity contribution < 1.29 is 24.2 Å². The zero-order valence-electron chi connectivity index (χ0n) is 25.3. The summed E-state index contributed by atoms with van der Waals surface area (Å²) in [5, 5.41) is 16.3. The fourth-order valence-corrected chi connectivity index (χ4v) is 6.02. The predicted molar refractivity (Wildman–Crippen MR) is 173 cm³/mol. The minimum Gasteiger partial charge on any atom is -0.480 e. The Bertz CT molecular complexity index is 1630. The van der Waals surface area contributed by atoms with E-state index in [0.717, 1.165) is 22.3 Å². The zero-order valence-corrected chi connectivity index (χ0v) is 25.3. The van der Waals surface area contributed by atoms with Gasteiger partial charge in [-0.3, -0.25) is 10.1 Å². The fraction of sp³-hybridized carbons (Fsp3) is 0.216. The van der Waals surface area contributed by atoms with Crippen molar-refractivity contribution in [1.29, 1.82) is 0 Å². The van der Waals surface area contributed by atoms with Crippen molar-refractivity contribution in [2.24, 2.45) is 0 Å². The lowest BCUT2D eigenvalue weighted by molar-refractivity contribution is -0.143. The van der Waals surface area contributed by atoms with Gasteiger partial charge in [0, 0.05) is 19.2 Å². The van der Waals surface area contributed by atoms with Gasteiger partial charge in [-0.1, -0.05) is 121 Å². The Balaban J connectivity index is 1.23. The molecule has 6 rings (SSSR count). The Labute approximate surface area is 267 Å². The van der Waals surface area contributed by atoms with Gasteiger partial charge in [-0.15, -0.1) is 0 Å². The number of benzene rings is 4. The van der Waals surface area contributed by atoms with Crippen LogP contribution in [0.4, 0.5) is 4.79 Å². The van der Waals surface area contributed by atoms with Crippen LogP contribution < -0.4 is 10.6 Å². The molecule has 1 saturated heterocycles. The number of hydrogen-bond donors (Lipinski definition) is 3. The monoisotopic (exact) mass is 616 g/mol. The number of imidazole rings is 1. The van der Waals surface area contributed by atoms with Crippen molar-refractivity contribution >= 4 is 12.1 Å². The van der Waals surface area contributed by atoms with E-state index in [9.17, 15) is 14.7 Å². The maximum Gasteiger partial charge on any atom is 0.407 e. The average Bonchev–Trinajstić information content (AvgIpc) is 3.55. The SMILES string of the molecule is O=C(NCC1(N[C@H](Cc2cn(C(c3ccccc3)(c3ccccc3)c3ccccc3)cn2)C(=O)O)COC1)OCc1ccccc1. The summed E-state index contributed by atoms with van der Waals surface area (Å²) in [6.45, 7) is 0.797. The van der Waals surface area contributed by atoms with Crippen molar-refractivity contribution in [3.63, 3.8) is 0 Å². The zero-order chi connectivity index (χ0) is 31.8. The molecule has 5 aromatic rings. The molecular weight excluding hydrogens is 580 g/mol. The van der Waals surface area contributed by atoms with E-state index < -0.39 is 29.2 Å². The highest BCUT2D eigenvalue weighted by molar-refractivity contribution is 5.74. The van der Waals surface area contributed by atoms with E-state index in [1.807, 2.05) is 91.1 Å². The number of aromatic nitrogens is 2. The van der Waals surface area contributed by atoms with Gasteiger partial charge in [0.2, 0.25) is 0 Å². The lowest BCUT2D eigenvalue weighted by atomic mass is 9.77. The highest BCUT2D eigenvalue weighted by Gasteiger charge is 2.43. The first-order chi connectivity index (χ1) is 22.5. The summed E-state index contributed by atoms with van der Waals surface area (Å²) in [7, 11) is 0. The average molecular weight is 617 g/mol. The standard InChI is InChI=1S/C37H36N4O5/c42-34(43)33(40-36(25-45-26-36)24-38-35(44)46-23-28-13-5-1-6-14-28)21-32-22-41(27-39-32)37(29-15-7-2-8-16-29,30-17-9-3-10-18-30)31-19-11-4-12-20-31/h1-20,22,27,33,40H,21,23-26H2,(H,38,44)(H,42,43)/t33-/m1/s1. The molecule has 1 fully saturated rings. The summed E-state index contributed by atoms with van der Waals surface area (Å²) in [4.78, 5) is 29.7. The number of amides is 1. The number of carboxylic acids is 1. The molecule has 1 aliphatic rings. The van der Waals surface area contributed by atoms with Crippen LogP contribution in [0.3, 0.4) is 0 Å². The normalized spacial score (nSPS) is 14.5. The van der Waals surface area contributed by atoms with E-state index >= 15 is 0 Å². The smallest absolute Gasteiger partial charge is 0.407 e. The van der Waals surface area contributed by atoms with E-state index in [-0.39, 0.29) is 32.8 Å². The third kappa shape index (κ3) is 6.56. The van der Waals surface area contributed by atoms with Crippen molar-refractivity contribution in [1.82, 2.24) is 20.2 Å². The molecule has 234 valence electrons. The van der Waals surface area contributed by atoms with Gasteiger partial charge in [-0.05, 0) is 22.3 Å². The maximum absolute atomic E-state index is 12.5. The van der Waals surface area contributed by atoms with Crippen molar-refractivity contribution in [2.75, 3.05) is 19.8 Å². The number of carbonyl (C=O) groups excluding carboxylic acids is 1. The van der Waals surface area contributed by atoms with Gasteiger partial charge in [0.15, 0.2) is 0 Å². The maximum atomic E-state index is 12.5. The van der Waals surface area contributed by atoms with Crippen molar-refractivity contribution in [3.8, 4) is 0 Å². The summed E-state index contributed by atoms with van der Waals surface area (Å²) < 4.78 is 12.9. The quantitative estimate of drug-likeness (QED) is 0.160. The fourth-order valence-electron chi connectivity index (χ4n) is 6.02. The minimum atomic E-state index is -1.02. The second kappa shape index (κ2) is 13.8. The summed E-state index contributed by atoms with van der Waals surface area (Å²) in [5.74, 6) is -1.02. The van der Waals surface area contributed by atoms with E-state index in [2.05, 4.69) is 51.6 Å². The van der Waals surface area contributed by atoms with E-state index in [4.69, 9.17) is 14.5 Å². The van der Waals surface area contributed by atoms with E-state index in [1.165, 1.54) is 0 Å². The summed E-state index contributed by atoms with van der Waals surface area (Å²) in [6.07, 6.45) is 3.24. The molecule has 46 heavy (non-hydrogen) atoms. The Kier molecular flexibility index (Phi) is 9.23. The molecule has 0 bridgehead atoms. The molecular formula is C37H36N4O5. The summed E-state index contributed by atoms with van der Waals surface area (Å²) in [5.41, 5.74) is 3.10. The van der Waals surface area contributed by atoms with E-state index in [1.54, 1.807) is 6.33 Å². The number of alkyl carbamates (subject to hydrolysis) is 1. The molecule has 9 nitrogen and oxygen atoms in total. The number of nitrogens with one attached hydrogen (secondary N) is 2. The van der Waals surface area contributed by atoms with Gasteiger partial charge < -0.3 is 24.5 Å². The summed E-state index contributed by atoms with van der Waals surface area (Å²) in [6, 6.07) is 39.1. The largest absolute Gasteiger partial charge is 0.480 e. The van der Waals surface area contributed by atoms with Gasteiger partial charge in [-0.25, -0.2) is 9.78 Å². The second-order valence-electron chi connectivity index (χ2n) is 11.5. The molecule has 2 heterocycles. The Morgan fingerprint density at radius 1 is 0.848 bits per heavy atom. The van der Waals surface area contributed by atoms with Crippen LogP contribution in [0, 0.1) is 0 Å². The second-order valence-corrected chi connectivity index (χ2v) is 11.5. The third-order valence-corrected chi connectivity index (χ3v) is 8.33. The van der Waals surface area contributed by atoms with Crippen LogP contribution in [-0.2, 0) is 32.8 Å². The van der Waals surface area contributed by atoms with Crippen LogP contribution in [0.2, 0.25) is 0 Å². The molecule has 1 aromatic heterocycles. The molecule has 9 heteroatoms. The molecule has 1 atom stereocenters. The molecule has 0 saturated carbocycles. The van der Waals surface area contributed by atoms with Crippen LogP contribution in [0.15, 0.2) is 134 Å². The molecule has 3 N–H and O–H groups in total. The Morgan fingerprint density at radius 2 is 1.37 bits per heavy atom. The highest BCUT2D eigenvalue weighted by Crippen LogP contribution is 2.40. The molecule has 0 aliphatic carbocycles. The highest BCUT2D eigenvalue weighted by atomic mass is 16.5. The third-order valence-electron chi connectivity index (χ3n) is 8.33. The number of ether oxygens (including phenoxy) is 2. The molecule has 1 aliphatic heterocycles. The molecule has 0 unspecified atom stereocenters. The van der Waals surface area contributed by atoms with Gasteiger partial charge >= 0.3 is 12.1 Å². The molecule has 4 aromatic carbocycles. The van der Waals surface area contributed by atoms with Gasteiger partial charge in [0.25, 0.3) is 0 Å². The van der Waals surface area contributed by atoms with E-state index in [0.29, 0.717) is 5.69 Å². The number of carbonyl (C=O) groups is 2. The Morgan fingerprint density at radius 3 is 1.85 bits per heavy atom. The molecule has 0 spiro atoms. The Hall–Kier alpha value is -5.25. The van der Waals surface area contributed by atoms with Crippen molar-refractivity contribution in [2.45, 2.75) is 30.1 Å². The van der Waals surface area contributed by atoms with Crippen LogP contribution >= 0.6 is 0 Å². The molecule has 0 radical (unpaired) electrons. The first-order valence-electron chi connectivity index (χ1n) is 15.2. The number of hydrogen-bond acceptors (Lipinski definition) is 6. The predicted octanol–water partition coefficient (Wildman–Crippen LogP) is 5.00.